The van der Waals surface area contributed by atoms with Gasteiger partial charge in [0.15, 0.2) is 12.2 Å². The zero-order chi connectivity index (χ0) is 23.6. The van der Waals surface area contributed by atoms with Gasteiger partial charge < -0.3 is 19.5 Å². The van der Waals surface area contributed by atoms with Crippen molar-refractivity contribution in [2.45, 2.75) is 63.3 Å². The molecule has 1 aromatic carbocycles. The van der Waals surface area contributed by atoms with Crippen molar-refractivity contribution in [3.8, 4) is 5.75 Å². The molecule has 3 heterocycles. The highest BCUT2D eigenvalue weighted by Crippen LogP contribution is 2.37. The smallest absolute Gasteiger partial charge is 0.406 e. The number of aryl methyl sites for hydroxylation is 1. The fraction of sp³-hybridized carbons (Fsp3) is 0.636. The molecule has 4 rings (SSSR count). The topological polar surface area (TPSA) is 95.1 Å². The fourth-order valence-corrected chi connectivity index (χ4v) is 4.61. The summed E-state index contributed by atoms with van der Waals surface area (Å²) in [5, 5.41) is 24.9. The van der Waals surface area contributed by atoms with E-state index in [0.717, 1.165) is 5.56 Å². The molecule has 0 amide bonds. The van der Waals surface area contributed by atoms with E-state index in [9.17, 15) is 23.4 Å². The van der Waals surface area contributed by atoms with Crippen LogP contribution in [-0.4, -0.2) is 75.2 Å². The molecule has 0 bridgehead atoms. The maximum Gasteiger partial charge on any atom is 0.573 e. The second-order valence-electron chi connectivity index (χ2n) is 8.72. The minimum absolute atomic E-state index is 0.0642. The monoisotopic (exact) mass is 470 g/mol. The Balaban J connectivity index is 1.54. The quantitative estimate of drug-likeness (QED) is 0.666. The number of aliphatic hydroxyl groups excluding tert-OH is 2. The van der Waals surface area contributed by atoms with Gasteiger partial charge in [-0.2, -0.15) is 4.98 Å². The third kappa shape index (κ3) is 6.03. The number of piperidine rings is 2. The van der Waals surface area contributed by atoms with Crippen molar-refractivity contribution in [3.63, 3.8) is 0 Å². The van der Waals surface area contributed by atoms with Crippen LogP contribution in [-0.2, 0) is 6.42 Å². The number of hydrogen-bond acceptors (Lipinski definition) is 8. The van der Waals surface area contributed by atoms with Crippen molar-refractivity contribution in [1.82, 2.24) is 19.9 Å². The van der Waals surface area contributed by atoms with Crippen LogP contribution in [0.2, 0.25) is 0 Å². The highest BCUT2D eigenvalue weighted by atomic mass is 19.4. The molecular weight excluding hydrogens is 441 g/mol. The van der Waals surface area contributed by atoms with Crippen LogP contribution in [0.25, 0.3) is 0 Å². The summed E-state index contributed by atoms with van der Waals surface area (Å²) in [6.45, 7) is 4.13. The Kier molecular flexibility index (Phi) is 7.22. The van der Waals surface area contributed by atoms with Crippen molar-refractivity contribution in [1.29, 1.82) is 0 Å². The zero-order valence-electron chi connectivity index (χ0n) is 18.4. The summed E-state index contributed by atoms with van der Waals surface area (Å²) in [6, 6.07) is 5.87. The highest BCUT2D eigenvalue weighted by Gasteiger charge is 2.37. The fourth-order valence-electron chi connectivity index (χ4n) is 4.61. The number of likely N-dealkylation sites (tertiary alicyclic amines) is 2. The zero-order valence-corrected chi connectivity index (χ0v) is 18.4. The van der Waals surface area contributed by atoms with E-state index in [0.29, 0.717) is 63.6 Å². The first kappa shape index (κ1) is 23.9. The highest BCUT2D eigenvalue weighted by molar-refractivity contribution is 5.30. The number of benzene rings is 1. The molecule has 3 atom stereocenters. The summed E-state index contributed by atoms with van der Waals surface area (Å²) >= 11 is 0. The van der Waals surface area contributed by atoms with Gasteiger partial charge in [0.05, 0.1) is 12.0 Å². The van der Waals surface area contributed by atoms with Crippen molar-refractivity contribution in [3.05, 3.63) is 41.5 Å². The summed E-state index contributed by atoms with van der Waals surface area (Å²) in [6.07, 6.45) is -3.43. The second-order valence-corrected chi connectivity index (χ2v) is 8.72. The molecule has 0 spiro atoms. The van der Waals surface area contributed by atoms with Crippen LogP contribution in [0.1, 0.15) is 55.3 Å². The molecule has 0 radical (unpaired) electrons. The number of halogens is 3. The van der Waals surface area contributed by atoms with Gasteiger partial charge in [0.2, 0.25) is 5.89 Å². The molecule has 2 saturated heterocycles. The molecule has 8 nitrogen and oxygen atoms in total. The third-order valence-corrected chi connectivity index (χ3v) is 6.37. The van der Waals surface area contributed by atoms with Crippen LogP contribution in [0.5, 0.6) is 5.75 Å². The average Bonchev–Trinajstić information content (AvgIpc) is 3.28. The van der Waals surface area contributed by atoms with Crippen LogP contribution in [0.4, 0.5) is 13.2 Å². The summed E-state index contributed by atoms with van der Waals surface area (Å²) in [5.74, 6) is 0.642. The first-order chi connectivity index (χ1) is 15.7. The van der Waals surface area contributed by atoms with Gasteiger partial charge in [-0.1, -0.05) is 24.2 Å². The molecule has 0 saturated carbocycles. The van der Waals surface area contributed by atoms with E-state index in [2.05, 4.69) is 14.9 Å². The molecule has 33 heavy (non-hydrogen) atoms. The van der Waals surface area contributed by atoms with E-state index in [1.165, 1.54) is 12.1 Å². The van der Waals surface area contributed by atoms with E-state index in [1.807, 2.05) is 16.7 Å². The molecule has 11 heteroatoms. The van der Waals surface area contributed by atoms with Gasteiger partial charge in [-0.05, 0) is 42.9 Å². The molecule has 2 aromatic rings. The summed E-state index contributed by atoms with van der Waals surface area (Å²) in [4.78, 5) is 8.34. The molecule has 2 N–H and O–H groups in total. The van der Waals surface area contributed by atoms with Crippen LogP contribution in [0, 0.1) is 0 Å². The van der Waals surface area contributed by atoms with Crippen molar-refractivity contribution < 1.29 is 32.6 Å². The molecule has 3 unspecified atom stereocenters. The first-order valence-electron chi connectivity index (χ1n) is 11.2. The Hall–Kier alpha value is -2.21. The lowest BCUT2D eigenvalue weighted by molar-refractivity contribution is -0.274. The molecule has 2 aliphatic heterocycles. The van der Waals surface area contributed by atoms with Gasteiger partial charge in [-0.15, -0.1) is 13.2 Å². The van der Waals surface area contributed by atoms with Crippen molar-refractivity contribution in [2.75, 3.05) is 26.2 Å². The van der Waals surface area contributed by atoms with Crippen molar-refractivity contribution in [2.24, 2.45) is 0 Å². The Morgan fingerprint density at radius 1 is 1.12 bits per heavy atom. The number of aliphatic hydroxyl groups is 2. The Bertz CT molecular complexity index is 900. The molecule has 2 aliphatic rings. The van der Waals surface area contributed by atoms with Gasteiger partial charge in [-0.3, -0.25) is 9.80 Å². The van der Waals surface area contributed by atoms with E-state index >= 15 is 0 Å². The summed E-state index contributed by atoms with van der Waals surface area (Å²) < 4.78 is 47.0. The lowest BCUT2D eigenvalue weighted by Crippen LogP contribution is -2.55. The largest absolute Gasteiger partial charge is 0.573 e. The van der Waals surface area contributed by atoms with Gasteiger partial charge in [-0.25, -0.2) is 0 Å². The number of rotatable bonds is 6. The number of nitrogens with zero attached hydrogens (tertiary/aromatic N) is 4. The maximum absolute atomic E-state index is 12.5. The SMILES string of the molecule is CCc1noc(C2CC(c3ccc(OC(F)(F)F)cc3)CN(C(O)N3CCC(O)CC3)C2)n1. The number of ether oxygens (including phenoxy) is 1. The Labute approximate surface area is 189 Å². The normalized spacial score (nSPS) is 24.7. The molecule has 2 fully saturated rings. The van der Waals surface area contributed by atoms with E-state index in [4.69, 9.17) is 4.52 Å². The summed E-state index contributed by atoms with van der Waals surface area (Å²) in [7, 11) is 0. The maximum atomic E-state index is 12.5. The summed E-state index contributed by atoms with van der Waals surface area (Å²) in [5.41, 5.74) is 0.843. The molecule has 182 valence electrons. The van der Waals surface area contributed by atoms with Crippen LogP contribution in [0.3, 0.4) is 0 Å². The lowest BCUT2D eigenvalue weighted by atomic mass is 9.84. The van der Waals surface area contributed by atoms with Crippen LogP contribution < -0.4 is 4.74 Å². The third-order valence-electron chi connectivity index (χ3n) is 6.37. The Morgan fingerprint density at radius 2 is 1.79 bits per heavy atom. The predicted molar refractivity (Wildman–Crippen MR) is 111 cm³/mol. The molecule has 1 aromatic heterocycles. The number of alkyl halides is 3. The van der Waals surface area contributed by atoms with Gasteiger partial charge in [0, 0.05) is 32.6 Å². The van der Waals surface area contributed by atoms with Crippen LogP contribution >= 0.6 is 0 Å². The molecule has 0 aliphatic carbocycles. The van der Waals surface area contributed by atoms with Crippen molar-refractivity contribution >= 4 is 0 Å². The van der Waals surface area contributed by atoms with Gasteiger partial charge in [0.1, 0.15) is 5.75 Å². The van der Waals surface area contributed by atoms with E-state index in [-0.39, 0.29) is 23.7 Å². The number of aromatic nitrogens is 2. The Morgan fingerprint density at radius 3 is 2.39 bits per heavy atom. The standard InChI is InChI=1S/C22H29F3N4O4/c1-2-19-26-20(33-27-19)16-11-15(14-3-5-18(6-4-14)32-22(23,24)25)12-29(13-16)21(31)28-9-7-17(30)8-10-28/h3-6,15-17,21,30-31H,2,7-13H2,1H3. The number of hydrogen-bond donors (Lipinski definition) is 2. The van der Waals surface area contributed by atoms with Crippen LogP contribution in [0.15, 0.2) is 28.8 Å². The van der Waals surface area contributed by atoms with Gasteiger partial charge >= 0.3 is 6.36 Å². The first-order valence-corrected chi connectivity index (χ1v) is 11.2. The second kappa shape index (κ2) is 9.96. The van der Waals surface area contributed by atoms with Gasteiger partial charge in [0.25, 0.3) is 0 Å². The average molecular weight is 470 g/mol. The minimum atomic E-state index is -4.74. The minimum Gasteiger partial charge on any atom is -0.406 e. The predicted octanol–water partition coefficient (Wildman–Crippen LogP) is 2.84. The van der Waals surface area contributed by atoms with E-state index < -0.39 is 12.7 Å². The lowest BCUT2D eigenvalue weighted by Gasteiger charge is -2.44. The molecular formula is C22H29F3N4O4. The van der Waals surface area contributed by atoms with E-state index in [1.54, 1.807) is 12.1 Å².